The number of nitrogens with zero attached hydrogens (tertiary/aromatic N) is 2. The molecule has 0 aliphatic rings. The fraction of sp³-hybridized carbons (Fsp3) is 0.267. The van der Waals surface area contributed by atoms with Gasteiger partial charge in [0.2, 0.25) is 0 Å². The number of hydrogen-bond donors (Lipinski definition) is 1. The van der Waals surface area contributed by atoms with Gasteiger partial charge in [0.05, 0.1) is 11.0 Å². The normalized spacial score (nSPS) is 12.1. The van der Waals surface area contributed by atoms with Gasteiger partial charge in [0.15, 0.2) is 0 Å². The predicted octanol–water partition coefficient (Wildman–Crippen LogP) is 2.69. The lowest BCUT2D eigenvalue weighted by Crippen LogP contribution is -2.34. The van der Waals surface area contributed by atoms with Gasteiger partial charge in [-0.3, -0.25) is 14.9 Å². The molecule has 0 saturated carbocycles. The van der Waals surface area contributed by atoms with E-state index in [-0.39, 0.29) is 17.3 Å². The van der Waals surface area contributed by atoms with Gasteiger partial charge in [0.25, 0.3) is 11.6 Å². The smallest absolute Gasteiger partial charge is 0.282 e. The number of nitro groups is 1. The van der Waals surface area contributed by atoms with E-state index in [0.29, 0.717) is 6.54 Å². The summed E-state index contributed by atoms with van der Waals surface area (Å²) >= 11 is 1.59. The summed E-state index contributed by atoms with van der Waals surface area (Å²) in [6.45, 7) is 0.384. The Morgan fingerprint density at radius 2 is 2.09 bits per heavy atom. The molecule has 0 fully saturated rings. The van der Waals surface area contributed by atoms with Crippen LogP contribution in [0.15, 0.2) is 41.1 Å². The highest BCUT2D eigenvalue weighted by molar-refractivity contribution is 7.07. The van der Waals surface area contributed by atoms with Gasteiger partial charge in [-0.15, -0.1) is 0 Å². The molecule has 6 nitrogen and oxygen atoms in total. The van der Waals surface area contributed by atoms with E-state index in [1.165, 1.54) is 12.1 Å². The summed E-state index contributed by atoms with van der Waals surface area (Å²) in [5, 5.41) is 17.8. The number of thiophene rings is 1. The number of benzene rings is 1. The first-order valence-electron chi connectivity index (χ1n) is 6.71. The van der Waals surface area contributed by atoms with Crippen LogP contribution in [-0.2, 0) is 0 Å². The Hall–Kier alpha value is -2.25. The van der Waals surface area contributed by atoms with E-state index in [0.717, 1.165) is 5.56 Å². The molecule has 1 N–H and O–H groups in total. The third-order valence-electron chi connectivity index (χ3n) is 3.35. The summed E-state index contributed by atoms with van der Waals surface area (Å²) in [6, 6.07) is 7.98. The van der Waals surface area contributed by atoms with Crippen molar-refractivity contribution in [3.8, 4) is 0 Å². The van der Waals surface area contributed by atoms with Crippen LogP contribution in [0.5, 0.6) is 0 Å². The molecule has 1 heterocycles. The summed E-state index contributed by atoms with van der Waals surface area (Å²) in [5.74, 6) is -0.436. The predicted molar refractivity (Wildman–Crippen MR) is 86.2 cm³/mol. The van der Waals surface area contributed by atoms with Crippen LogP contribution in [0.25, 0.3) is 0 Å². The minimum atomic E-state index is -0.544. The zero-order valence-electron chi connectivity index (χ0n) is 12.4. The van der Waals surface area contributed by atoms with Gasteiger partial charge in [-0.25, -0.2) is 0 Å². The number of carbonyl (C=O) groups excluding carboxylic acids is 1. The maximum atomic E-state index is 12.2. The van der Waals surface area contributed by atoms with E-state index in [1.54, 1.807) is 23.5 Å². The molecule has 1 atom stereocenters. The van der Waals surface area contributed by atoms with Crippen LogP contribution in [0.1, 0.15) is 22.0 Å². The Balaban J connectivity index is 2.11. The molecule has 1 aromatic heterocycles. The SMILES string of the molecule is CN(C)C(CNC(=O)c1ccccc1[N+](=O)[O-])c1ccsc1. The molecule has 0 bridgehead atoms. The third-order valence-corrected chi connectivity index (χ3v) is 4.05. The minimum Gasteiger partial charge on any atom is -0.350 e. The maximum Gasteiger partial charge on any atom is 0.282 e. The standard InChI is InChI=1S/C15H17N3O3S/c1-17(2)14(11-7-8-22-10-11)9-16-15(19)12-5-3-4-6-13(12)18(20)21/h3-8,10,14H,9H2,1-2H3,(H,16,19). The summed E-state index contributed by atoms with van der Waals surface area (Å²) in [6.07, 6.45) is 0. The Morgan fingerprint density at radius 1 is 1.36 bits per heavy atom. The van der Waals surface area contributed by atoms with Gasteiger partial charge in [-0.05, 0) is 42.6 Å². The van der Waals surface area contributed by atoms with Gasteiger partial charge in [-0.2, -0.15) is 11.3 Å². The fourth-order valence-electron chi connectivity index (χ4n) is 2.17. The number of carbonyl (C=O) groups is 1. The molecule has 22 heavy (non-hydrogen) atoms. The van der Waals surface area contributed by atoms with Gasteiger partial charge < -0.3 is 10.2 Å². The van der Waals surface area contributed by atoms with Crippen LogP contribution in [-0.4, -0.2) is 36.4 Å². The van der Waals surface area contributed by atoms with Crippen LogP contribution in [0.4, 0.5) is 5.69 Å². The van der Waals surface area contributed by atoms with Crippen molar-refractivity contribution in [1.29, 1.82) is 0 Å². The quantitative estimate of drug-likeness (QED) is 0.656. The summed E-state index contributed by atoms with van der Waals surface area (Å²) in [7, 11) is 3.86. The van der Waals surface area contributed by atoms with Gasteiger partial charge in [-0.1, -0.05) is 12.1 Å². The number of hydrogen-bond acceptors (Lipinski definition) is 5. The van der Waals surface area contributed by atoms with E-state index in [2.05, 4.69) is 5.32 Å². The Bertz CT molecular complexity index is 656. The van der Waals surface area contributed by atoms with Crippen molar-refractivity contribution in [3.63, 3.8) is 0 Å². The molecule has 2 aromatic rings. The molecular weight excluding hydrogens is 302 g/mol. The fourth-order valence-corrected chi connectivity index (χ4v) is 2.88. The molecule has 7 heteroatoms. The van der Waals surface area contributed by atoms with Crippen LogP contribution < -0.4 is 5.32 Å². The molecule has 116 valence electrons. The second kappa shape index (κ2) is 7.15. The molecule has 1 unspecified atom stereocenters. The van der Waals surface area contributed by atoms with Crippen molar-refractivity contribution < 1.29 is 9.72 Å². The maximum absolute atomic E-state index is 12.2. The molecule has 1 amide bonds. The first-order valence-corrected chi connectivity index (χ1v) is 7.65. The van der Waals surface area contributed by atoms with Crippen LogP contribution in [0, 0.1) is 10.1 Å². The minimum absolute atomic E-state index is 0.0259. The van der Waals surface area contributed by atoms with Crippen molar-refractivity contribution >= 4 is 22.9 Å². The highest BCUT2D eigenvalue weighted by Gasteiger charge is 2.21. The van der Waals surface area contributed by atoms with Gasteiger partial charge in [0, 0.05) is 12.6 Å². The molecule has 2 rings (SSSR count). The zero-order chi connectivity index (χ0) is 16.1. The van der Waals surface area contributed by atoms with E-state index < -0.39 is 10.8 Å². The lowest BCUT2D eigenvalue weighted by atomic mass is 10.1. The van der Waals surface area contributed by atoms with Gasteiger partial charge >= 0.3 is 0 Å². The summed E-state index contributed by atoms with van der Waals surface area (Å²) in [5.41, 5.74) is 1.00. The van der Waals surface area contributed by atoms with Crippen molar-refractivity contribution in [2.75, 3.05) is 20.6 Å². The van der Waals surface area contributed by atoms with E-state index >= 15 is 0 Å². The van der Waals surface area contributed by atoms with Crippen molar-refractivity contribution in [2.24, 2.45) is 0 Å². The number of likely N-dealkylation sites (N-methyl/N-ethyl adjacent to an activating group) is 1. The number of nitrogens with one attached hydrogen (secondary N) is 1. The Morgan fingerprint density at radius 3 is 2.68 bits per heavy atom. The van der Waals surface area contributed by atoms with Crippen molar-refractivity contribution in [2.45, 2.75) is 6.04 Å². The average molecular weight is 319 g/mol. The lowest BCUT2D eigenvalue weighted by molar-refractivity contribution is -0.385. The van der Waals surface area contributed by atoms with E-state index in [4.69, 9.17) is 0 Å². The number of para-hydroxylation sites is 1. The monoisotopic (exact) mass is 319 g/mol. The second-order valence-electron chi connectivity index (χ2n) is 5.02. The molecule has 0 aliphatic heterocycles. The molecule has 0 radical (unpaired) electrons. The topological polar surface area (TPSA) is 75.5 Å². The summed E-state index contributed by atoms with van der Waals surface area (Å²) in [4.78, 5) is 24.7. The molecule has 0 aliphatic carbocycles. The largest absolute Gasteiger partial charge is 0.350 e. The molecular formula is C15H17N3O3S. The van der Waals surface area contributed by atoms with E-state index in [9.17, 15) is 14.9 Å². The first kappa shape index (κ1) is 16.1. The highest BCUT2D eigenvalue weighted by atomic mass is 32.1. The number of amides is 1. The molecule has 0 spiro atoms. The van der Waals surface area contributed by atoms with Crippen LogP contribution >= 0.6 is 11.3 Å². The first-order chi connectivity index (χ1) is 10.5. The molecule has 1 aromatic carbocycles. The van der Waals surface area contributed by atoms with Crippen LogP contribution in [0.3, 0.4) is 0 Å². The van der Waals surface area contributed by atoms with E-state index in [1.807, 2.05) is 35.8 Å². The Kier molecular flexibility index (Phi) is 5.24. The number of rotatable bonds is 6. The second-order valence-corrected chi connectivity index (χ2v) is 5.80. The van der Waals surface area contributed by atoms with Crippen molar-refractivity contribution in [1.82, 2.24) is 10.2 Å². The number of nitro benzene ring substituents is 1. The van der Waals surface area contributed by atoms with Crippen LogP contribution in [0.2, 0.25) is 0 Å². The molecule has 0 saturated heterocycles. The zero-order valence-corrected chi connectivity index (χ0v) is 13.2. The highest BCUT2D eigenvalue weighted by Crippen LogP contribution is 2.21. The average Bonchev–Trinajstić information content (AvgIpc) is 3.01. The Labute approximate surface area is 132 Å². The third kappa shape index (κ3) is 3.69. The summed E-state index contributed by atoms with van der Waals surface area (Å²) < 4.78 is 0. The van der Waals surface area contributed by atoms with Crippen molar-refractivity contribution in [3.05, 3.63) is 62.3 Å². The van der Waals surface area contributed by atoms with Gasteiger partial charge in [0.1, 0.15) is 5.56 Å². The lowest BCUT2D eigenvalue weighted by Gasteiger charge is -2.24.